The van der Waals surface area contributed by atoms with Crippen LogP contribution in [0.1, 0.15) is 17.3 Å². The van der Waals surface area contributed by atoms with E-state index in [4.69, 9.17) is 28.9 Å². The SMILES string of the molecule is CCOc1ccn(-c2ccc(F)cc2)c(=O)c1C(=O)Nc1ccc(Oc2ccnc3cc(OCC#N)c4c(c23)OCCO4)c(F)c1. The van der Waals surface area contributed by atoms with Crippen LogP contribution in [0.25, 0.3) is 16.6 Å². The molecule has 11 nitrogen and oxygen atoms in total. The van der Waals surface area contributed by atoms with Crippen molar-refractivity contribution in [2.45, 2.75) is 6.92 Å². The molecule has 3 heterocycles. The number of pyridine rings is 2. The van der Waals surface area contributed by atoms with Crippen LogP contribution >= 0.6 is 0 Å². The first-order valence-electron chi connectivity index (χ1n) is 14.0. The highest BCUT2D eigenvalue weighted by molar-refractivity contribution is 6.06. The molecule has 0 spiro atoms. The largest absolute Gasteiger partial charge is 0.493 e. The summed E-state index contributed by atoms with van der Waals surface area (Å²) in [4.78, 5) is 31.1. The van der Waals surface area contributed by atoms with Gasteiger partial charge in [-0.2, -0.15) is 5.26 Å². The number of nitriles is 1. The number of hydrogen-bond acceptors (Lipinski definition) is 9. The second-order valence-electron chi connectivity index (χ2n) is 9.72. The van der Waals surface area contributed by atoms with Crippen molar-refractivity contribution in [3.63, 3.8) is 0 Å². The summed E-state index contributed by atoms with van der Waals surface area (Å²) in [7, 11) is 0. The Bertz CT molecular complexity index is 2060. The molecular weight excluding hydrogens is 602 g/mol. The number of fused-ring (bicyclic) bond motifs is 3. The summed E-state index contributed by atoms with van der Waals surface area (Å²) in [6.07, 6.45) is 2.88. The van der Waals surface area contributed by atoms with Crippen molar-refractivity contribution in [3.05, 3.63) is 101 Å². The molecule has 5 aromatic rings. The molecule has 3 aromatic carbocycles. The zero-order chi connectivity index (χ0) is 32.2. The smallest absolute Gasteiger partial charge is 0.271 e. The normalized spacial score (nSPS) is 11.9. The summed E-state index contributed by atoms with van der Waals surface area (Å²) in [5.41, 5.74) is -0.248. The lowest BCUT2D eigenvalue weighted by Gasteiger charge is -2.23. The third-order valence-corrected chi connectivity index (χ3v) is 6.83. The molecule has 2 aromatic heterocycles. The van der Waals surface area contributed by atoms with Gasteiger partial charge >= 0.3 is 0 Å². The molecule has 0 atom stereocenters. The molecule has 0 aliphatic carbocycles. The number of benzene rings is 3. The molecule has 232 valence electrons. The molecule has 0 fully saturated rings. The zero-order valence-corrected chi connectivity index (χ0v) is 24.2. The lowest BCUT2D eigenvalue weighted by molar-refractivity contribution is 0.102. The molecule has 0 saturated carbocycles. The third kappa shape index (κ3) is 5.83. The first-order chi connectivity index (χ1) is 22.4. The van der Waals surface area contributed by atoms with E-state index >= 15 is 4.39 Å². The minimum Gasteiger partial charge on any atom is -0.493 e. The topological polar surface area (TPSA) is 134 Å². The highest BCUT2D eigenvalue weighted by Crippen LogP contribution is 2.48. The minimum atomic E-state index is -0.837. The number of ether oxygens (including phenoxy) is 5. The molecule has 0 saturated heterocycles. The van der Waals surface area contributed by atoms with Gasteiger partial charge in [-0.3, -0.25) is 19.1 Å². The molecule has 46 heavy (non-hydrogen) atoms. The average molecular weight is 627 g/mol. The summed E-state index contributed by atoms with van der Waals surface area (Å²) in [5, 5.41) is 11.9. The molecule has 0 radical (unpaired) electrons. The molecule has 1 aliphatic heterocycles. The minimum absolute atomic E-state index is 0.0315. The fraction of sp³-hybridized carbons (Fsp3) is 0.152. The van der Waals surface area contributed by atoms with Crippen molar-refractivity contribution in [1.29, 1.82) is 5.26 Å². The standard InChI is InChI=1S/C33H24F2N4O7/c1-2-42-25-10-13-39(21-6-3-19(34)4-7-21)33(41)29(25)32(40)38-20-5-8-24(22(35)17-20)46-26-9-12-37-23-18-27(43-14-11-36)30-31(28(23)26)45-16-15-44-30/h3-10,12-13,17-18H,2,14-16H2,1H3,(H,38,40). The van der Waals surface area contributed by atoms with E-state index in [-0.39, 0.29) is 72.2 Å². The van der Waals surface area contributed by atoms with Crippen LogP contribution in [0.4, 0.5) is 14.5 Å². The van der Waals surface area contributed by atoms with Crippen LogP contribution in [0.2, 0.25) is 0 Å². The molecule has 6 rings (SSSR count). The number of hydrogen-bond donors (Lipinski definition) is 1. The predicted molar refractivity (Wildman–Crippen MR) is 161 cm³/mol. The number of carbonyl (C=O) groups is 1. The predicted octanol–water partition coefficient (Wildman–Crippen LogP) is 5.78. The van der Waals surface area contributed by atoms with Gasteiger partial charge in [0.25, 0.3) is 11.5 Å². The summed E-state index contributed by atoms with van der Waals surface area (Å²) >= 11 is 0. The third-order valence-electron chi connectivity index (χ3n) is 6.83. The van der Waals surface area contributed by atoms with Gasteiger partial charge in [-0.15, -0.1) is 0 Å². The van der Waals surface area contributed by atoms with Gasteiger partial charge in [0, 0.05) is 35.9 Å². The van der Waals surface area contributed by atoms with Crippen molar-refractivity contribution in [1.82, 2.24) is 9.55 Å². The van der Waals surface area contributed by atoms with Gasteiger partial charge in [-0.1, -0.05) is 0 Å². The van der Waals surface area contributed by atoms with E-state index in [2.05, 4.69) is 10.3 Å². The number of carbonyl (C=O) groups excluding carboxylic acids is 1. The van der Waals surface area contributed by atoms with Gasteiger partial charge in [0.1, 0.15) is 42.2 Å². The summed E-state index contributed by atoms with van der Waals surface area (Å²) in [6.45, 7) is 2.16. The lowest BCUT2D eigenvalue weighted by atomic mass is 10.1. The van der Waals surface area contributed by atoms with E-state index in [1.165, 1.54) is 65.5 Å². The Hall–Kier alpha value is -6.16. The molecule has 1 amide bonds. The molecule has 0 unspecified atom stereocenters. The fourth-order valence-corrected chi connectivity index (χ4v) is 4.86. The van der Waals surface area contributed by atoms with E-state index in [0.29, 0.717) is 16.6 Å². The Morgan fingerprint density at radius 2 is 1.76 bits per heavy atom. The van der Waals surface area contributed by atoms with Gasteiger partial charge in [-0.05, 0) is 55.5 Å². The maximum Gasteiger partial charge on any atom is 0.271 e. The van der Waals surface area contributed by atoms with Crippen LogP contribution in [0.5, 0.6) is 34.5 Å². The van der Waals surface area contributed by atoms with E-state index in [1.54, 1.807) is 13.0 Å². The Morgan fingerprint density at radius 1 is 0.978 bits per heavy atom. The number of nitrogens with zero attached hydrogens (tertiary/aromatic N) is 3. The van der Waals surface area contributed by atoms with Crippen LogP contribution in [0, 0.1) is 23.0 Å². The first-order valence-corrected chi connectivity index (χ1v) is 14.0. The fourth-order valence-electron chi connectivity index (χ4n) is 4.86. The first kappa shape index (κ1) is 29.9. The van der Waals surface area contributed by atoms with Crippen molar-refractivity contribution < 1.29 is 37.3 Å². The van der Waals surface area contributed by atoms with Crippen LogP contribution in [-0.4, -0.2) is 41.9 Å². The number of aromatic nitrogens is 2. The van der Waals surface area contributed by atoms with Crippen molar-refractivity contribution in [2.24, 2.45) is 0 Å². The number of rotatable bonds is 9. The average Bonchev–Trinajstić information content (AvgIpc) is 3.05. The molecular formula is C33H24F2N4O7. The zero-order valence-electron chi connectivity index (χ0n) is 24.2. The molecule has 1 N–H and O–H groups in total. The monoisotopic (exact) mass is 626 g/mol. The van der Waals surface area contributed by atoms with Gasteiger partial charge in [-0.25, -0.2) is 8.78 Å². The van der Waals surface area contributed by atoms with Crippen LogP contribution in [0.3, 0.4) is 0 Å². The number of amides is 1. The van der Waals surface area contributed by atoms with E-state index in [0.717, 1.165) is 6.07 Å². The summed E-state index contributed by atoms with van der Waals surface area (Å²) in [6, 6.07) is 15.4. The maximum absolute atomic E-state index is 15.4. The second-order valence-corrected chi connectivity index (χ2v) is 9.72. The van der Waals surface area contributed by atoms with Gasteiger partial charge in [0.15, 0.2) is 29.7 Å². The molecule has 0 bridgehead atoms. The highest BCUT2D eigenvalue weighted by atomic mass is 19.1. The number of nitrogens with one attached hydrogen (secondary N) is 1. The van der Waals surface area contributed by atoms with Crippen molar-refractivity contribution >= 4 is 22.5 Å². The highest BCUT2D eigenvalue weighted by Gasteiger charge is 2.25. The summed E-state index contributed by atoms with van der Waals surface area (Å²) in [5.74, 6) is -1.24. The second kappa shape index (κ2) is 12.8. The number of anilines is 1. The van der Waals surface area contributed by atoms with Gasteiger partial charge < -0.3 is 29.0 Å². The van der Waals surface area contributed by atoms with Crippen molar-refractivity contribution in [2.75, 3.05) is 31.7 Å². The van der Waals surface area contributed by atoms with Crippen molar-refractivity contribution in [3.8, 4) is 46.3 Å². The molecule has 13 heteroatoms. The van der Waals surface area contributed by atoms with Crippen LogP contribution in [0.15, 0.2) is 77.9 Å². The lowest BCUT2D eigenvalue weighted by Crippen LogP contribution is -2.29. The van der Waals surface area contributed by atoms with E-state index < -0.39 is 23.1 Å². The Morgan fingerprint density at radius 3 is 2.50 bits per heavy atom. The number of halogens is 2. The molecule has 1 aliphatic rings. The maximum atomic E-state index is 15.4. The van der Waals surface area contributed by atoms with Crippen LogP contribution in [-0.2, 0) is 0 Å². The van der Waals surface area contributed by atoms with Gasteiger partial charge in [0.05, 0.1) is 17.5 Å². The Labute approximate surface area is 260 Å². The summed E-state index contributed by atoms with van der Waals surface area (Å²) < 4.78 is 58.6. The van der Waals surface area contributed by atoms with Crippen LogP contribution < -0.4 is 34.6 Å². The quantitative estimate of drug-likeness (QED) is 0.216. The van der Waals surface area contributed by atoms with E-state index in [1.807, 2.05) is 6.07 Å². The van der Waals surface area contributed by atoms with E-state index in [9.17, 15) is 14.0 Å². The van der Waals surface area contributed by atoms with Gasteiger partial charge in [0.2, 0.25) is 5.75 Å². The Balaban J connectivity index is 1.29. The Kier molecular flexibility index (Phi) is 8.34.